The van der Waals surface area contributed by atoms with Gasteiger partial charge in [-0.15, -0.1) is 0 Å². The molecule has 0 aromatic rings. The minimum Gasteiger partial charge on any atom is -0.444 e. The van der Waals surface area contributed by atoms with Gasteiger partial charge in [0.1, 0.15) is 5.60 Å². The van der Waals surface area contributed by atoms with E-state index in [-0.39, 0.29) is 6.54 Å². The molecule has 6 heteroatoms. The van der Waals surface area contributed by atoms with Gasteiger partial charge in [-0.3, -0.25) is 0 Å². The predicted molar refractivity (Wildman–Crippen MR) is 57.4 cm³/mol. The maximum Gasteiger partial charge on any atom is 0.407 e. The van der Waals surface area contributed by atoms with Gasteiger partial charge >= 0.3 is 6.09 Å². The van der Waals surface area contributed by atoms with Crippen molar-refractivity contribution in [2.75, 3.05) is 13.1 Å². The summed E-state index contributed by atoms with van der Waals surface area (Å²) in [4.78, 5) is 13.7. The van der Waals surface area contributed by atoms with Crippen LogP contribution < -0.4 is 5.32 Å². The van der Waals surface area contributed by atoms with Crippen molar-refractivity contribution in [1.29, 1.82) is 0 Å². The van der Waals surface area contributed by atoms with Crippen LogP contribution >= 0.6 is 0 Å². The van der Waals surface area contributed by atoms with Gasteiger partial charge in [0.25, 0.3) is 0 Å². The minimum atomic E-state index is -0.487. The lowest BCUT2D eigenvalue weighted by Gasteiger charge is -2.19. The molecule has 1 N–H and O–H groups in total. The van der Waals surface area contributed by atoms with Crippen molar-refractivity contribution in [3.05, 3.63) is 22.6 Å². The van der Waals surface area contributed by atoms with E-state index in [4.69, 9.17) is 10.3 Å². The van der Waals surface area contributed by atoms with Crippen molar-refractivity contribution in [1.82, 2.24) is 5.32 Å². The molecule has 0 aliphatic carbocycles. The van der Waals surface area contributed by atoms with Crippen molar-refractivity contribution in [3.8, 4) is 0 Å². The third kappa shape index (κ3) is 10.2. The Morgan fingerprint density at radius 1 is 1.53 bits per heavy atom. The SMILES string of the molecule is CC(C)(C)OC(=O)NC/C=C/CN=[N+]=[N-]. The molecular weight excluding hydrogens is 196 g/mol. The zero-order valence-corrected chi connectivity index (χ0v) is 9.23. The number of hydrogen-bond donors (Lipinski definition) is 1. The average molecular weight is 212 g/mol. The van der Waals surface area contributed by atoms with E-state index in [0.717, 1.165) is 0 Å². The Bertz CT molecular complexity index is 274. The van der Waals surface area contributed by atoms with E-state index in [1.165, 1.54) is 0 Å². The van der Waals surface area contributed by atoms with Gasteiger partial charge in [-0.1, -0.05) is 17.3 Å². The number of nitrogens with one attached hydrogen (secondary N) is 1. The van der Waals surface area contributed by atoms with E-state index in [0.29, 0.717) is 6.54 Å². The summed E-state index contributed by atoms with van der Waals surface area (Å²) in [5.74, 6) is 0. The molecule has 0 fully saturated rings. The van der Waals surface area contributed by atoms with Crippen LogP contribution in [-0.4, -0.2) is 24.8 Å². The first-order valence-corrected chi connectivity index (χ1v) is 4.58. The highest BCUT2D eigenvalue weighted by Crippen LogP contribution is 2.05. The molecule has 15 heavy (non-hydrogen) atoms. The Kier molecular flexibility index (Phi) is 5.97. The van der Waals surface area contributed by atoms with Gasteiger partial charge in [-0.05, 0) is 26.3 Å². The quantitative estimate of drug-likeness (QED) is 0.335. The van der Waals surface area contributed by atoms with Crippen LogP contribution in [0, 0.1) is 0 Å². The molecule has 0 unspecified atom stereocenters. The molecule has 0 aromatic heterocycles. The van der Waals surface area contributed by atoms with Crippen LogP contribution in [0.15, 0.2) is 17.3 Å². The van der Waals surface area contributed by atoms with E-state index in [9.17, 15) is 4.79 Å². The first-order valence-electron chi connectivity index (χ1n) is 4.58. The fourth-order valence-electron chi connectivity index (χ4n) is 0.698. The van der Waals surface area contributed by atoms with E-state index in [2.05, 4.69) is 15.3 Å². The minimum absolute atomic E-state index is 0.284. The van der Waals surface area contributed by atoms with Gasteiger partial charge in [-0.2, -0.15) is 0 Å². The normalized spacial score (nSPS) is 10.9. The predicted octanol–water partition coefficient (Wildman–Crippen LogP) is 2.38. The molecule has 0 spiro atoms. The Morgan fingerprint density at radius 3 is 2.73 bits per heavy atom. The highest BCUT2D eigenvalue weighted by molar-refractivity contribution is 5.67. The highest BCUT2D eigenvalue weighted by Gasteiger charge is 2.14. The van der Waals surface area contributed by atoms with Crippen molar-refractivity contribution in [2.45, 2.75) is 26.4 Å². The number of carbonyl (C=O) groups is 1. The van der Waals surface area contributed by atoms with Gasteiger partial charge in [0.2, 0.25) is 0 Å². The van der Waals surface area contributed by atoms with Crippen molar-refractivity contribution in [3.63, 3.8) is 0 Å². The van der Waals surface area contributed by atoms with Crippen LogP contribution in [0.2, 0.25) is 0 Å². The number of ether oxygens (including phenoxy) is 1. The summed E-state index contributed by atoms with van der Waals surface area (Å²) in [7, 11) is 0. The largest absolute Gasteiger partial charge is 0.444 e. The van der Waals surface area contributed by atoms with Gasteiger partial charge in [-0.25, -0.2) is 4.79 Å². The van der Waals surface area contributed by atoms with Gasteiger partial charge in [0.15, 0.2) is 0 Å². The maximum absolute atomic E-state index is 11.1. The number of nitrogens with zero attached hydrogens (tertiary/aromatic N) is 3. The number of alkyl carbamates (subject to hydrolysis) is 1. The second-order valence-electron chi connectivity index (χ2n) is 3.77. The fraction of sp³-hybridized carbons (Fsp3) is 0.667. The van der Waals surface area contributed by atoms with Gasteiger partial charge in [0.05, 0.1) is 0 Å². The molecule has 0 atom stereocenters. The molecule has 0 bridgehead atoms. The molecule has 0 saturated heterocycles. The summed E-state index contributed by atoms with van der Waals surface area (Å²) in [6, 6.07) is 0. The topological polar surface area (TPSA) is 87.1 Å². The van der Waals surface area contributed by atoms with E-state index >= 15 is 0 Å². The first kappa shape index (κ1) is 13.3. The first-order chi connectivity index (χ1) is 6.95. The Labute approximate surface area is 88.9 Å². The third-order valence-corrected chi connectivity index (χ3v) is 1.18. The van der Waals surface area contributed by atoms with E-state index < -0.39 is 11.7 Å². The molecule has 0 rings (SSSR count). The van der Waals surface area contributed by atoms with Crippen molar-refractivity contribution in [2.24, 2.45) is 5.11 Å². The van der Waals surface area contributed by atoms with Crippen molar-refractivity contribution >= 4 is 6.09 Å². The molecule has 1 amide bonds. The second kappa shape index (κ2) is 6.73. The van der Waals surface area contributed by atoms with Crippen LogP contribution in [0.5, 0.6) is 0 Å². The number of hydrogen-bond acceptors (Lipinski definition) is 3. The summed E-state index contributed by atoms with van der Waals surface area (Å²) in [5.41, 5.74) is 7.49. The molecule has 0 radical (unpaired) electrons. The zero-order chi connectivity index (χ0) is 11.7. The van der Waals surface area contributed by atoms with Crippen LogP contribution in [-0.2, 0) is 4.74 Å². The smallest absolute Gasteiger partial charge is 0.407 e. The second-order valence-corrected chi connectivity index (χ2v) is 3.77. The maximum atomic E-state index is 11.1. The van der Waals surface area contributed by atoms with Crippen LogP contribution in [0.3, 0.4) is 0 Å². The zero-order valence-electron chi connectivity index (χ0n) is 9.23. The van der Waals surface area contributed by atoms with Crippen LogP contribution in [0.25, 0.3) is 10.4 Å². The summed E-state index contributed by atoms with van der Waals surface area (Å²) in [6.45, 7) is 6.03. The summed E-state index contributed by atoms with van der Waals surface area (Å²) >= 11 is 0. The molecule has 0 heterocycles. The molecule has 6 nitrogen and oxygen atoms in total. The van der Waals surface area contributed by atoms with Gasteiger partial charge in [0, 0.05) is 18.0 Å². The number of carbonyl (C=O) groups excluding carboxylic acids is 1. The molecule has 0 aliphatic heterocycles. The molecule has 0 aromatic carbocycles. The fourth-order valence-corrected chi connectivity index (χ4v) is 0.698. The number of rotatable bonds is 4. The summed E-state index contributed by atoms with van der Waals surface area (Å²) < 4.78 is 5.00. The molecule has 0 saturated carbocycles. The third-order valence-electron chi connectivity index (χ3n) is 1.18. The van der Waals surface area contributed by atoms with Crippen LogP contribution in [0.1, 0.15) is 20.8 Å². The lowest BCUT2D eigenvalue weighted by atomic mass is 10.2. The lowest BCUT2D eigenvalue weighted by Crippen LogP contribution is -2.32. The molecule has 0 aliphatic rings. The number of amides is 1. The van der Waals surface area contributed by atoms with E-state index in [1.807, 2.05) is 0 Å². The molecule has 84 valence electrons. The van der Waals surface area contributed by atoms with Gasteiger partial charge < -0.3 is 10.1 Å². The van der Waals surface area contributed by atoms with Crippen molar-refractivity contribution < 1.29 is 9.53 Å². The molecular formula is C9H16N4O2. The average Bonchev–Trinajstić information content (AvgIpc) is 2.08. The lowest BCUT2D eigenvalue weighted by molar-refractivity contribution is 0.0534. The Hall–Kier alpha value is -1.68. The number of azide groups is 1. The Morgan fingerprint density at radius 2 is 2.20 bits per heavy atom. The monoisotopic (exact) mass is 212 g/mol. The summed E-state index contributed by atoms with van der Waals surface area (Å²) in [5, 5.41) is 5.83. The highest BCUT2D eigenvalue weighted by atomic mass is 16.6. The summed E-state index contributed by atoms with van der Waals surface area (Å²) in [6.07, 6.45) is 2.89. The van der Waals surface area contributed by atoms with Crippen LogP contribution in [0.4, 0.5) is 4.79 Å². The Balaban J connectivity index is 3.64. The standard InChI is InChI=1S/C9H16N4O2/c1-9(2,3)15-8(14)11-6-4-5-7-12-13-10/h4-5H,6-7H2,1-3H3,(H,11,14)/b5-4+. The van der Waals surface area contributed by atoms with E-state index in [1.54, 1.807) is 32.9 Å².